The van der Waals surface area contributed by atoms with Crippen molar-refractivity contribution in [1.29, 1.82) is 0 Å². The molecule has 0 saturated heterocycles. The van der Waals surface area contributed by atoms with Crippen molar-refractivity contribution in [3.05, 3.63) is 35.4 Å². The fourth-order valence-electron chi connectivity index (χ4n) is 1.91. The Balaban J connectivity index is 2.71. The van der Waals surface area contributed by atoms with Crippen LogP contribution in [-0.4, -0.2) is 40.4 Å². The maximum absolute atomic E-state index is 10.9. The highest BCUT2D eigenvalue weighted by atomic mass is 32.2. The van der Waals surface area contributed by atoms with Gasteiger partial charge < -0.3 is 19.7 Å². The predicted octanol–water partition coefficient (Wildman–Crippen LogP) is 2.43. The van der Waals surface area contributed by atoms with Gasteiger partial charge in [-0.2, -0.15) is 0 Å². The number of aliphatic hydroxyl groups excluding tert-OH is 2. The number of rotatable bonds is 9. The van der Waals surface area contributed by atoms with Crippen LogP contribution in [-0.2, 0) is 14.3 Å². The van der Waals surface area contributed by atoms with Crippen molar-refractivity contribution >= 4 is 16.9 Å². The maximum atomic E-state index is 10.9. The van der Waals surface area contributed by atoms with Gasteiger partial charge in [0.1, 0.15) is 6.10 Å². The number of carbonyl (C=O) groups excluding carboxylic acids is 1. The van der Waals surface area contributed by atoms with Crippen molar-refractivity contribution in [2.75, 3.05) is 19.0 Å². The Hall–Kier alpha value is -0.920. The van der Waals surface area contributed by atoms with Crippen LogP contribution >= 0.6 is 11.8 Å². The maximum Gasteiger partial charge on any atom is 0.185 e. The molecule has 0 heterocycles. The summed E-state index contributed by atoms with van der Waals surface area (Å²) in [6.07, 6.45) is -2.45. The lowest BCUT2D eigenvalue weighted by atomic mass is 10.0. The van der Waals surface area contributed by atoms with E-state index in [4.69, 9.17) is 9.47 Å². The van der Waals surface area contributed by atoms with E-state index in [1.54, 1.807) is 24.3 Å². The topological polar surface area (TPSA) is 76.0 Å². The summed E-state index contributed by atoms with van der Waals surface area (Å²) >= 11 is 0.995. The first-order chi connectivity index (χ1) is 10.5. The second-order valence-electron chi connectivity index (χ2n) is 4.72. The van der Waals surface area contributed by atoms with E-state index < -0.39 is 18.5 Å². The van der Waals surface area contributed by atoms with Crippen molar-refractivity contribution < 1.29 is 24.5 Å². The van der Waals surface area contributed by atoms with Gasteiger partial charge in [-0.25, -0.2) is 0 Å². The lowest BCUT2D eigenvalue weighted by Crippen LogP contribution is -2.21. The Morgan fingerprint density at radius 3 is 2.05 bits per heavy atom. The molecule has 0 aliphatic carbocycles. The molecule has 0 aromatic heterocycles. The first kappa shape index (κ1) is 19.1. The summed E-state index contributed by atoms with van der Waals surface area (Å²) in [6.45, 7) is 6.30. The minimum absolute atomic E-state index is 0.0853. The van der Waals surface area contributed by atoms with Crippen LogP contribution in [0.4, 0.5) is 0 Å². The van der Waals surface area contributed by atoms with E-state index in [-0.39, 0.29) is 10.9 Å². The van der Waals surface area contributed by atoms with Crippen LogP contribution < -0.4 is 0 Å². The van der Waals surface area contributed by atoms with E-state index in [9.17, 15) is 15.0 Å². The number of aliphatic hydroxyl groups is 2. The van der Waals surface area contributed by atoms with Crippen molar-refractivity contribution in [3.63, 3.8) is 0 Å². The largest absolute Gasteiger partial charge is 0.389 e. The van der Waals surface area contributed by atoms with E-state index in [0.717, 1.165) is 17.3 Å². The number of thioether (sulfide) groups is 1. The summed E-state index contributed by atoms with van der Waals surface area (Å²) < 4.78 is 11.0. The smallest absolute Gasteiger partial charge is 0.185 e. The normalized spacial score (nSPS) is 14.1. The summed E-state index contributed by atoms with van der Waals surface area (Å²) in [5, 5.41) is 19.9. The lowest BCUT2D eigenvalue weighted by molar-refractivity contribution is -0.140. The zero-order valence-electron chi connectivity index (χ0n) is 13.2. The Kier molecular flexibility index (Phi) is 8.67. The van der Waals surface area contributed by atoms with E-state index in [1.165, 1.54) is 6.92 Å². The molecular weight excluding hydrogens is 304 g/mol. The number of carbonyl (C=O) groups is 1. The molecule has 0 radical (unpaired) electrons. The van der Waals surface area contributed by atoms with E-state index in [2.05, 4.69) is 0 Å². The fraction of sp³-hybridized carbons (Fsp3) is 0.562. The first-order valence-electron chi connectivity index (χ1n) is 7.32. The zero-order valence-corrected chi connectivity index (χ0v) is 14.0. The van der Waals surface area contributed by atoms with Gasteiger partial charge in [-0.1, -0.05) is 36.0 Å². The molecule has 1 rings (SSSR count). The average molecular weight is 328 g/mol. The Morgan fingerprint density at radius 2 is 1.59 bits per heavy atom. The molecule has 22 heavy (non-hydrogen) atoms. The molecule has 0 saturated carbocycles. The molecule has 0 bridgehead atoms. The van der Waals surface area contributed by atoms with E-state index in [0.29, 0.717) is 18.8 Å². The molecule has 2 atom stereocenters. The van der Waals surface area contributed by atoms with Gasteiger partial charge in [0.2, 0.25) is 0 Å². The quantitative estimate of drug-likeness (QED) is 0.678. The third-order valence-corrected chi connectivity index (χ3v) is 3.92. The van der Waals surface area contributed by atoms with E-state index >= 15 is 0 Å². The molecule has 1 aromatic carbocycles. The van der Waals surface area contributed by atoms with Gasteiger partial charge in [-0.15, -0.1) is 0 Å². The number of ether oxygens (including phenoxy) is 2. The van der Waals surface area contributed by atoms with E-state index in [1.807, 2.05) is 13.8 Å². The molecule has 0 fully saturated rings. The van der Waals surface area contributed by atoms with Gasteiger partial charge in [-0.3, -0.25) is 4.79 Å². The van der Waals surface area contributed by atoms with Crippen LogP contribution in [0, 0.1) is 0 Å². The fourth-order valence-corrected chi connectivity index (χ4v) is 2.50. The third kappa shape index (κ3) is 6.06. The van der Waals surface area contributed by atoms with Crippen LogP contribution in [0.5, 0.6) is 0 Å². The lowest BCUT2D eigenvalue weighted by Gasteiger charge is -2.20. The minimum Gasteiger partial charge on any atom is -0.389 e. The van der Waals surface area contributed by atoms with Crippen LogP contribution in [0.15, 0.2) is 24.3 Å². The highest BCUT2D eigenvalue weighted by molar-refractivity contribution is 8.13. The Morgan fingerprint density at radius 1 is 1.09 bits per heavy atom. The summed E-state index contributed by atoms with van der Waals surface area (Å²) in [5.41, 5.74) is 1.44. The summed E-state index contributed by atoms with van der Waals surface area (Å²) in [5.74, 6) is 0.165. The van der Waals surface area contributed by atoms with Crippen LogP contribution in [0.25, 0.3) is 0 Å². The summed E-state index contributed by atoms with van der Waals surface area (Å²) in [4.78, 5) is 10.9. The molecule has 0 amide bonds. The van der Waals surface area contributed by atoms with Crippen LogP contribution in [0.1, 0.15) is 44.3 Å². The highest BCUT2D eigenvalue weighted by Crippen LogP contribution is 2.24. The molecule has 124 valence electrons. The van der Waals surface area contributed by atoms with Gasteiger partial charge in [-0.05, 0) is 19.4 Å². The SMILES string of the molecule is CCOC(OCC)c1ccc(C(O)C(O)CSC(C)=O)cc1. The predicted molar refractivity (Wildman–Crippen MR) is 86.5 cm³/mol. The Bertz CT molecular complexity index is 442. The van der Waals surface area contributed by atoms with Gasteiger partial charge in [0.15, 0.2) is 11.4 Å². The van der Waals surface area contributed by atoms with Crippen molar-refractivity contribution in [3.8, 4) is 0 Å². The summed E-state index contributed by atoms with van der Waals surface area (Å²) in [7, 11) is 0. The minimum atomic E-state index is -1.03. The van der Waals surface area contributed by atoms with Gasteiger partial charge in [0.25, 0.3) is 0 Å². The molecule has 6 heteroatoms. The van der Waals surface area contributed by atoms with Crippen LogP contribution in [0.3, 0.4) is 0 Å². The molecule has 1 aromatic rings. The molecule has 0 spiro atoms. The number of benzene rings is 1. The second kappa shape index (κ2) is 9.97. The average Bonchev–Trinajstić information content (AvgIpc) is 2.52. The molecule has 0 aliphatic rings. The molecule has 5 nitrogen and oxygen atoms in total. The van der Waals surface area contributed by atoms with Crippen molar-refractivity contribution in [2.45, 2.75) is 39.3 Å². The van der Waals surface area contributed by atoms with Crippen molar-refractivity contribution in [1.82, 2.24) is 0 Å². The highest BCUT2D eigenvalue weighted by Gasteiger charge is 2.20. The standard InChI is InChI=1S/C16H24O5S/c1-4-20-16(21-5-2)13-8-6-12(7-9-13)15(19)14(18)10-22-11(3)17/h6-9,14-16,18-19H,4-5,10H2,1-3H3. The molecule has 2 unspecified atom stereocenters. The molecular formula is C16H24O5S. The van der Waals surface area contributed by atoms with Crippen molar-refractivity contribution in [2.24, 2.45) is 0 Å². The number of hydrogen-bond donors (Lipinski definition) is 2. The van der Waals surface area contributed by atoms with Gasteiger partial charge >= 0.3 is 0 Å². The number of hydrogen-bond acceptors (Lipinski definition) is 6. The van der Waals surface area contributed by atoms with Crippen LogP contribution in [0.2, 0.25) is 0 Å². The van der Waals surface area contributed by atoms with Gasteiger partial charge in [0.05, 0.1) is 6.10 Å². The zero-order chi connectivity index (χ0) is 16.5. The third-order valence-electron chi connectivity index (χ3n) is 3.01. The molecule has 2 N–H and O–H groups in total. The molecule has 0 aliphatic heterocycles. The Labute approximate surface area is 135 Å². The van der Waals surface area contributed by atoms with Gasteiger partial charge in [0, 0.05) is 31.5 Å². The monoisotopic (exact) mass is 328 g/mol. The second-order valence-corrected chi connectivity index (χ2v) is 5.92. The summed E-state index contributed by atoms with van der Waals surface area (Å²) in [6, 6.07) is 7.07. The first-order valence-corrected chi connectivity index (χ1v) is 8.30.